The van der Waals surface area contributed by atoms with Crippen LogP contribution in [0.3, 0.4) is 0 Å². The number of hydrogen-bond acceptors (Lipinski definition) is 4. The van der Waals surface area contributed by atoms with Crippen molar-refractivity contribution in [2.24, 2.45) is 0 Å². The Balaban J connectivity index is 1.25. The monoisotopic (exact) mass is 848 g/mol. The van der Waals surface area contributed by atoms with Gasteiger partial charge in [-0.3, -0.25) is 0 Å². The zero-order valence-electron chi connectivity index (χ0n) is 38.4. The Morgan fingerprint density at radius 1 is 0.578 bits per heavy atom. The van der Waals surface area contributed by atoms with Crippen LogP contribution in [0.25, 0.3) is 55.2 Å². The van der Waals surface area contributed by atoms with Crippen molar-refractivity contribution in [2.75, 3.05) is 9.71 Å². The number of nitrogens with zero attached hydrogens (tertiary/aromatic N) is 2. The van der Waals surface area contributed by atoms with Gasteiger partial charge in [0, 0.05) is 49.9 Å². The van der Waals surface area contributed by atoms with E-state index in [1.54, 1.807) is 0 Å². The first-order valence-electron chi connectivity index (χ1n) is 23.3. The third-order valence-corrected chi connectivity index (χ3v) is 19.4. The molecule has 5 heterocycles. The normalized spacial score (nSPS) is 17.3. The second-order valence-corrected chi connectivity index (χ2v) is 26.3. The van der Waals surface area contributed by atoms with Gasteiger partial charge in [0.25, 0.3) is 0 Å². The van der Waals surface area contributed by atoms with E-state index in [-0.39, 0.29) is 23.1 Å². The minimum absolute atomic E-state index is 0.0138. The van der Waals surface area contributed by atoms with Crippen molar-refractivity contribution in [3.05, 3.63) is 150 Å². The van der Waals surface area contributed by atoms with Crippen LogP contribution in [-0.2, 0) is 16.2 Å². The van der Waals surface area contributed by atoms with Crippen LogP contribution >= 0.6 is 0 Å². The fraction of sp³-hybridized carbons (Fsp3) is 0.241. The van der Waals surface area contributed by atoms with Gasteiger partial charge in [-0.05, 0) is 110 Å². The minimum Gasteiger partial charge on any atom is -0.466 e. The molecule has 0 spiro atoms. The largest absolute Gasteiger partial charge is 0.466 e. The molecule has 0 saturated carbocycles. The highest BCUT2D eigenvalue weighted by molar-refractivity contribution is 7.05. The fourth-order valence-electron chi connectivity index (χ4n) is 12.2. The lowest BCUT2D eigenvalue weighted by molar-refractivity contribution is 0.332. The van der Waals surface area contributed by atoms with Crippen LogP contribution < -0.4 is 31.2 Å². The molecule has 64 heavy (non-hydrogen) atoms. The predicted octanol–water partition coefficient (Wildman–Crippen LogP) is 13.5. The standard InChI is InChI=1S/C58H53BN2O2Si/c1-56(2,3)35-26-27-43(38(30-35)34-18-11-10-12-19-34)60-45-32-39-36-20-13-15-23-46(36)62-54(39)50-37-21-17-25-49-52(37)61(44-22-14-16-24-48(44)64(49,8)9)59(51(45)50)55-53(60)40-31-41-42(33-47(40)63-55)58(6,7)29-28-57(41,4)5/h10-27,30-33H,28-29H2,1-9H3. The molecule has 0 saturated heterocycles. The summed E-state index contributed by atoms with van der Waals surface area (Å²) in [5.74, 6) is 0. The zero-order valence-corrected chi connectivity index (χ0v) is 39.4. The van der Waals surface area contributed by atoms with Gasteiger partial charge in [-0.25, -0.2) is 0 Å². The molecule has 0 radical (unpaired) electrons. The average Bonchev–Trinajstić information content (AvgIpc) is 3.85. The summed E-state index contributed by atoms with van der Waals surface area (Å²) in [5.41, 5.74) is 20.0. The van der Waals surface area contributed by atoms with E-state index >= 15 is 0 Å². The SMILES string of the molecule is CC(C)(C)c1ccc(N2c3cc4c(oc5ccccc54)c4c3B(c3oc5cc6c(cc5c32)C(C)(C)CCC6(C)C)N2c3ccccc3[Si](C)(C)c3cccc-4c32)c(-c2ccccc2)c1. The molecule has 7 aromatic carbocycles. The highest BCUT2D eigenvalue weighted by Crippen LogP contribution is 2.55. The van der Waals surface area contributed by atoms with E-state index in [4.69, 9.17) is 8.83 Å². The molecular formula is C58H53BN2O2Si. The smallest absolute Gasteiger partial charge is 0.376 e. The third-order valence-electron chi connectivity index (χ3n) is 15.8. The second-order valence-electron chi connectivity index (χ2n) is 21.9. The first-order chi connectivity index (χ1) is 30.6. The summed E-state index contributed by atoms with van der Waals surface area (Å²) in [6, 6.07) is 50.5. The number of benzene rings is 7. The lowest BCUT2D eigenvalue weighted by Crippen LogP contribution is -2.68. The molecule has 0 atom stereocenters. The first-order valence-corrected chi connectivity index (χ1v) is 26.3. The van der Waals surface area contributed by atoms with Gasteiger partial charge >= 0.3 is 6.85 Å². The molecular weight excluding hydrogens is 796 g/mol. The van der Waals surface area contributed by atoms with Gasteiger partial charge in [0.15, 0.2) is 0 Å². The molecule has 0 unspecified atom stereocenters. The van der Waals surface area contributed by atoms with Crippen LogP contribution in [-0.4, -0.2) is 14.9 Å². The Morgan fingerprint density at radius 2 is 1.28 bits per heavy atom. The summed E-state index contributed by atoms with van der Waals surface area (Å²) in [6.07, 6.45) is 2.28. The summed E-state index contributed by atoms with van der Waals surface area (Å²) in [5, 5.41) is 6.34. The van der Waals surface area contributed by atoms with E-state index in [2.05, 4.69) is 205 Å². The van der Waals surface area contributed by atoms with Gasteiger partial charge in [-0.15, -0.1) is 0 Å². The van der Waals surface area contributed by atoms with E-state index in [1.165, 1.54) is 77.2 Å². The Morgan fingerprint density at radius 3 is 2.06 bits per heavy atom. The van der Waals surface area contributed by atoms with Crippen molar-refractivity contribution in [2.45, 2.75) is 90.6 Å². The first kappa shape index (κ1) is 38.2. The number of fused-ring (bicyclic) bond motifs is 13. The van der Waals surface area contributed by atoms with Gasteiger partial charge in [-0.1, -0.05) is 153 Å². The summed E-state index contributed by atoms with van der Waals surface area (Å²) in [7, 11) is -2.16. The maximum atomic E-state index is 7.69. The lowest BCUT2D eigenvalue weighted by atomic mass is 9.45. The van der Waals surface area contributed by atoms with Gasteiger partial charge in [0.1, 0.15) is 30.5 Å². The Kier molecular flexibility index (Phi) is 7.48. The maximum absolute atomic E-state index is 7.69. The van der Waals surface area contributed by atoms with Crippen LogP contribution in [0.1, 0.15) is 78.0 Å². The average molecular weight is 849 g/mol. The molecule has 0 N–H and O–H groups in total. The minimum atomic E-state index is -2.16. The molecule has 13 rings (SSSR count). The summed E-state index contributed by atoms with van der Waals surface area (Å²) in [4.78, 5) is 5.27. The van der Waals surface area contributed by atoms with Crippen LogP contribution in [0, 0.1) is 0 Å². The Hall–Kier alpha value is -6.24. The second kappa shape index (κ2) is 12.5. The highest BCUT2D eigenvalue weighted by Gasteiger charge is 2.54. The van der Waals surface area contributed by atoms with Crippen molar-refractivity contribution < 1.29 is 8.83 Å². The van der Waals surface area contributed by atoms with Gasteiger partial charge in [0.2, 0.25) is 0 Å². The van der Waals surface area contributed by atoms with Gasteiger partial charge in [-0.2, -0.15) is 0 Å². The predicted molar refractivity (Wildman–Crippen MR) is 273 cm³/mol. The van der Waals surface area contributed by atoms with Crippen molar-refractivity contribution in [1.29, 1.82) is 0 Å². The molecule has 314 valence electrons. The highest BCUT2D eigenvalue weighted by atomic mass is 28.3. The van der Waals surface area contributed by atoms with E-state index in [0.717, 1.165) is 57.4 Å². The molecule has 3 aliphatic heterocycles. The zero-order chi connectivity index (χ0) is 43.8. The fourth-order valence-corrected chi connectivity index (χ4v) is 15.2. The Bertz CT molecular complexity index is 3490. The summed E-state index contributed by atoms with van der Waals surface area (Å²) in [6.45, 7) is 21.5. The molecule has 9 aromatic rings. The number of rotatable bonds is 2. The molecule has 0 fully saturated rings. The summed E-state index contributed by atoms with van der Waals surface area (Å²) >= 11 is 0. The number of furan rings is 2. The third kappa shape index (κ3) is 4.95. The van der Waals surface area contributed by atoms with Crippen LogP contribution in [0.4, 0.5) is 28.4 Å². The van der Waals surface area contributed by atoms with Gasteiger partial charge in [0.05, 0.1) is 11.4 Å². The van der Waals surface area contributed by atoms with E-state index in [0.29, 0.717) is 0 Å². The number of anilines is 5. The van der Waals surface area contributed by atoms with E-state index in [1.807, 2.05) is 0 Å². The summed E-state index contributed by atoms with van der Waals surface area (Å²) < 4.78 is 14.8. The molecule has 1 aliphatic carbocycles. The molecule has 2 aromatic heterocycles. The molecule has 6 heteroatoms. The number of hydrogen-bond donors (Lipinski definition) is 0. The quantitative estimate of drug-likeness (QED) is 0.162. The van der Waals surface area contributed by atoms with E-state index in [9.17, 15) is 0 Å². The molecule has 4 nitrogen and oxygen atoms in total. The van der Waals surface area contributed by atoms with Crippen LogP contribution in [0.2, 0.25) is 13.1 Å². The van der Waals surface area contributed by atoms with Crippen LogP contribution in [0.5, 0.6) is 0 Å². The topological polar surface area (TPSA) is 32.8 Å². The van der Waals surface area contributed by atoms with Crippen LogP contribution in [0.15, 0.2) is 142 Å². The Labute approximate surface area is 377 Å². The number of para-hydroxylation sites is 3. The van der Waals surface area contributed by atoms with Crippen molar-refractivity contribution in [3.63, 3.8) is 0 Å². The molecule has 0 amide bonds. The van der Waals surface area contributed by atoms with Gasteiger partial charge < -0.3 is 18.5 Å². The lowest BCUT2D eigenvalue weighted by Gasteiger charge is -2.49. The van der Waals surface area contributed by atoms with Crippen molar-refractivity contribution in [3.8, 4) is 22.3 Å². The van der Waals surface area contributed by atoms with Crippen molar-refractivity contribution >= 4 is 97.8 Å². The molecule has 4 aliphatic rings. The van der Waals surface area contributed by atoms with E-state index < -0.39 is 8.07 Å². The molecule has 0 bridgehead atoms. The maximum Gasteiger partial charge on any atom is 0.376 e. The van der Waals surface area contributed by atoms with Crippen molar-refractivity contribution in [1.82, 2.24) is 0 Å².